The van der Waals surface area contributed by atoms with Gasteiger partial charge in [0.25, 0.3) is 5.91 Å². The van der Waals surface area contributed by atoms with E-state index >= 15 is 0 Å². The van der Waals surface area contributed by atoms with Gasteiger partial charge in [-0.3, -0.25) is 9.59 Å². The molecule has 3 heterocycles. The van der Waals surface area contributed by atoms with Crippen molar-refractivity contribution in [2.45, 2.75) is 64.4 Å². The molecular formula is C25H30F3N3O4. The summed E-state index contributed by atoms with van der Waals surface area (Å²) in [6.07, 6.45) is -3.72. The largest absolute Gasteiger partial charge is 0.504 e. The molecule has 35 heavy (non-hydrogen) atoms. The van der Waals surface area contributed by atoms with E-state index in [9.17, 15) is 27.9 Å². The van der Waals surface area contributed by atoms with Crippen LogP contribution in [-0.2, 0) is 23.1 Å². The van der Waals surface area contributed by atoms with Crippen LogP contribution in [0.3, 0.4) is 0 Å². The third-order valence-electron chi connectivity index (χ3n) is 6.86. The molecule has 1 N–H and O–H groups in total. The standard InChI is InChI=1S/C25H30F3N3O4/c1-4-22(33)31-14-13-30-20(7-8-21(30)25(26,27)28)24(31)9-11-29(12-10-24)23(34)17-5-6-19(18(32)15-17)35-16(2)3/h5-8,15-16,32H,4,9-14H2,1-3H3. The summed E-state index contributed by atoms with van der Waals surface area (Å²) in [6, 6.07) is 7.04. The minimum atomic E-state index is -4.49. The quantitative estimate of drug-likeness (QED) is 0.686. The van der Waals surface area contributed by atoms with Gasteiger partial charge in [-0.1, -0.05) is 6.92 Å². The Bertz CT molecular complexity index is 1120. The molecule has 0 radical (unpaired) electrons. The number of amides is 2. The average Bonchev–Trinajstić information content (AvgIpc) is 3.26. The number of piperidine rings is 1. The third-order valence-corrected chi connectivity index (χ3v) is 6.86. The number of phenolic OH excluding ortho intramolecular Hbond substituents is 1. The van der Waals surface area contributed by atoms with Gasteiger partial charge >= 0.3 is 6.18 Å². The summed E-state index contributed by atoms with van der Waals surface area (Å²) >= 11 is 0. The molecule has 1 spiro atoms. The Kier molecular flexibility index (Phi) is 6.50. The molecular weight excluding hydrogens is 463 g/mol. The number of aromatic hydroxyl groups is 1. The molecule has 4 rings (SSSR count). The zero-order chi connectivity index (χ0) is 25.5. The first kappa shape index (κ1) is 24.9. The normalized spacial score (nSPS) is 17.6. The first-order chi connectivity index (χ1) is 16.5. The minimum Gasteiger partial charge on any atom is -0.504 e. The Balaban J connectivity index is 1.59. The van der Waals surface area contributed by atoms with Crippen molar-refractivity contribution in [3.63, 3.8) is 0 Å². The highest BCUT2D eigenvalue weighted by Crippen LogP contribution is 2.45. The van der Waals surface area contributed by atoms with Crippen LogP contribution in [0.2, 0.25) is 0 Å². The fraction of sp³-hybridized carbons (Fsp3) is 0.520. The summed E-state index contributed by atoms with van der Waals surface area (Å²) in [6.45, 7) is 6.20. The lowest BCUT2D eigenvalue weighted by Crippen LogP contribution is -2.59. The Morgan fingerprint density at radius 3 is 2.34 bits per heavy atom. The lowest BCUT2D eigenvalue weighted by Gasteiger charge is -2.52. The van der Waals surface area contributed by atoms with Gasteiger partial charge in [0.15, 0.2) is 11.5 Å². The molecule has 0 aliphatic carbocycles. The molecule has 2 aromatic rings. The second-order valence-electron chi connectivity index (χ2n) is 9.33. The molecule has 1 fully saturated rings. The van der Waals surface area contributed by atoms with Gasteiger partial charge in [-0.15, -0.1) is 0 Å². The summed E-state index contributed by atoms with van der Waals surface area (Å²) in [5.41, 5.74) is -0.851. The topological polar surface area (TPSA) is 75.0 Å². The Labute approximate surface area is 202 Å². The van der Waals surface area contributed by atoms with E-state index < -0.39 is 17.4 Å². The van der Waals surface area contributed by atoms with Gasteiger partial charge in [0, 0.05) is 43.9 Å². The summed E-state index contributed by atoms with van der Waals surface area (Å²) in [5.74, 6) is -0.257. The molecule has 0 atom stereocenters. The van der Waals surface area contributed by atoms with Gasteiger partial charge in [-0.05, 0) is 57.0 Å². The molecule has 1 saturated heterocycles. The molecule has 10 heteroatoms. The number of fused-ring (bicyclic) bond motifs is 2. The van der Waals surface area contributed by atoms with Crippen molar-refractivity contribution in [3.8, 4) is 11.5 Å². The van der Waals surface area contributed by atoms with Crippen LogP contribution in [-0.4, -0.2) is 57.0 Å². The zero-order valence-electron chi connectivity index (χ0n) is 20.1. The van der Waals surface area contributed by atoms with Gasteiger partial charge in [0.05, 0.1) is 11.6 Å². The van der Waals surface area contributed by atoms with Crippen molar-refractivity contribution in [2.75, 3.05) is 19.6 Å². The number of benzene rings is 1. The monoisotopic (exact) mass is 493 g/mol. The molecule has 7 nitrogen and oxygen atoms in total. The van der Waals surface area contributed by atoms with Gasteiger partial charge in [-0.2, -0.15) is 13.2 Å². The van der Waals surface area contributed by atoms with Crippen LogP contribution in [0.4, 0.5) is 13.2 Å². The number of hydrogen-bond acceptors (Lipinski definition) is 4. The van der Waals surface area contributed by atoms with E-state index in [2.05, 4.69) is 0 Å². The number of nitrogens with zero attached hydrogens (tertiary/aromatic N) is 3. The maximum atomic E-state index is 13.6. The van der Waals surface area contributed by atoms with Gasteiger partial charge in [-0.25, -0.2) is 0 Å². The average molecular weight is 494 g/mol. The zero-order valence-corrected chi connectivity index (χ0v) is 20.1. The Morgan fingerprint density at radius 2 is 1.77 bits per heavy atom. The molecule has 2 amide bonds. The summed E-state index contributed by atoms with van der Waals surface area (Å²) < 4.78 is 47.6. The molecule has 0 bridgehead atoms. The Morgan fingerprint density at radius 1 is 1.09 bits per heavy atom. The summed E-state index contributed by atoms with van der Waals surface area (Å²) in [7, 11) is 0. The molecule has 0 unspecified atom stereocenters. The van der Waals surface area contributed by atoms with E-state index in [-0.39, 0.29) is 62.0 Å². The first-order valence-electron chi connectivity index (χ1n) is 11.8. The minimum absolute atomic E-state index is 0.0807. The van der Waals surface area contributed by atoms with Gasteiger partial charge in [0.1, 0.15) is 5.69 Å². The second kappa shape index (κ2) is 9.13. The van der Waals surface area contributed by atoms with E-state index in [1.165, 1.54) is 16.7 Å². The first-order valence-corrected chi connectivity index (χ1v) is 11.8. The van der Waals surface area contributed by atoms with Crippen LogP contribution in [0.1, 0.15) is 61.8 Å². The van der Waals surface area contributed by atoms with Crippen LogP contribution < -0.4 is 4.74 Å². The summed E-state index contributed by atoms with van der Waals surface area (Å²) in [5, 5.41) is 10.3. The number of aromatic nitrogens is 1. The lowest BCUT2D eigenvalue weighted by atomic mass is 9.80. The van der Waals surface area contributed by atoms with Crippen molar-refractivity contribution in [2.24, 2.45) is 0 Å². The number of halogens is 3. The number of carbonyl (C=O) groups is 2. The van der Waals surface area contributed by atoms with Crippen molar-refractivity contribution < 1.29 is 32.6 Å². The SMILES string of the molecule is CCC(=O)N1CCn2c(C(F)(F)F)ccc2C12CCN(C(=O)c1ccc(OC(C)C)c(O)c1)CC2. The molecule has 1 aromatic heterocycles. The highest BCUT2D eigenvalue weighted by molar-refractivity contribution is 5.95. The number of carbonyl (C=O) groups excluding carboxylic acids is 2. The number of alkyl halides is 3. The van der Waals surface area contributed by atoms with Crippen molar-refractivity contribution in [1.29, 1.82) is 0 Å². The van der Waals surface area contributed by atoms with Crippen LogP contribution >= 0.6 is 0 Å². The lowest BCUT2D eigenvalue weighted by molar-refractivity contribution is -0.148. The number of likely N-dealkylation sites (tertiary alicyclic amines) is 1. The van der Waals surface area contributed by atoms with Gasteiger partial charge < -0.3 is 24.2 Å². The van der Waals surface area contributed by atoms with E-state index in [1.54, 1.807) is 28.9 Å². The highest BCUT2D eigenvalue weighted by Gasteiger charge is 2.50. The fourth-order valence-electron chi connectivity index (χ4n) is 5.26. The van der Waals surface area contributed by atoms with Crippen LogP contribution in [0.15, 0.2) is 30.3 Å². The van der Waals surface area contributed by atoms with Crippen molar-refractivity contribution >= 4 is 11.8 Å². The molecule has 190 valence electrons. The van der Waals surface area contributed by atoms with E-state index in [0.717, 1.165) is 6.07 Å². The number of rotatable bonds is 4. The van der Waals surface area contributed by atoms with Crippen LogP contribution in [0.5, 0.6) is 11.5 Å². The molecule has 2 aliphatic heterocycles. The highest BCUT2D eigenvalue weighted by atomic mass is 19.4. The number of ether oxygens (including phenoxy) is 1. The number of hydrogen-bond donors (Lipinski definition) is 1. The van der Waals surface area contributed by atoms with E-state index in [1.807, 2.05) is 13.8 Å². The van der Waals surface area contributed by atoms with Gasteiger partial charge in [0.2, 0.25) is 5.91 Å². The van der Waals surface area contributed by atoms with E-state index in [0.29, 0.717) is 24.1 Å². The molecule has 2 aliphatic rings. The van der Waals surface area contributed by atoms with Crippen LogP contribution in [0, 0.1) is 0 Å². The third kappa shape index (κ3) is 4.46. The van der Waals surface area contributed by atoms with Crippen LogP contribution in [0.25, 0.3) is 0 Å². The van der Waals surface area contributed by atoms with E-state index in [4.69, 9.17) is 4.74 Å². The fourth-order valence-corrected chi connectivity index (χ4v) is 5.26. The predicted octanol–water partition coefficient (Wildman–Crippen LogP) is 4.38. The summed E-state index contributed by atoms with van der Waals surface area (Å²) in [4.78, 5) is 29.3. The smallest absolute Gasteiger partial charge is 0.431 e. The molecule has 0 saturated carbocycles. The maximum Gasteiger partial charge on any atom is 0.431 e. The van der Waals surface area contributed by atoms with Crippen molar-refractivity contribution in [3.05, 3.63) is 47.3 Å². The second-order valence-corrected chi connectivity index (χ2v) is 9.33. The molecule has 1 aromatic carbocycles. The Hall–Kier alpha value is -3.17. The maximum absolute atomic E-state index is 13.6. The number of phenols is 1. The predicted molar refractivity (Wildman–Crippen MR) is 122 cm³/mol. The van der Waals surface area contributed by atoms with Crippen molar-refractivity contribution in [1.82, 2.24) is 14.4 Å².